The molecule has 2 aromatic heterocycles. The number of nitrogens with zero attached hydrogens (tertiary/aromatic N) is 3. The molecule has 31 heavy (non-hydrogen) atoms. The largest absolute Gasteiger partial charge is 0.481 e. The number of hydrogen-bond acceptors (Lipinski definition) is 5. The highest BCUT2D eigenvalue weighted by Gasteiger charge is 2.19. The lowest BCUT2D eigenvalue weighted by atomic mass is 10.1. The topological polar surface area (TPSA) is 78.3 Å². The van der Waals surface area contributed by atoms with Gasteiger partial charge in [0.05, 0.1) is 25.6 Å². The Bertz CT molecular complexity index is 1220. The van der Waals surface area contributed by atoms with Crippen LogP contribution < -0.4 is 14.8 Å². The summed E-state index contributed by atoms with van der Waals surface area (Å²) in [5.74, 6) is -0.0504. The van der Waals surface area contributed by atoms with Crippen LogP contribution in [0.3, 0.4) is 0 Å². The molecule has 4 rings (SSSR count). The van der Waals surface area contributed by atoms with Crippen molar-refractivity contribution in [3.8, 4) is 28.7 Å². The van der Waals surface area contributed by atoms with Crippen LogP contribution in [-0.4, -0.2) is 34.9 Å². The third kappa shape index (κ3) is 4.23. The number of carbonyl (C=O) groups is 1. The predicted octanol–water partition coefficient (Wildman–Crippen LogP) is 4.34. The molecule has 156 valence electrons. The number of anilines is 1. The summed E-state index contributed by atoms with van der Waals surface area (Å²) in [6, 6.07) is 20.3. The monoisotopic (exact) mass is 418 g/mol. The molecule has 0 fully saturated rings. The van der Waals surface area contributed by atoms with Crippen LogP contribution in [0.5, 0.6) is 11.8 Å². The average molecular weight is 418 g/mol. The Morgan fingerprint density at radius 3 is 2.48 bits per heavy atom. The fraction of sp³-hybridized carbons (Fsp3) is 0.0870. The molecule has 1 amide bonds. The molecule has 4 aromatic rings. The lowest BCUT2D eigenvalue weighted by molar-refractivity contribution is 0.102. The van der Waals surface area contributed by atoms with Gasteiger partial charge in [-0.1, -0.05) is 36.4 Å². The molecule has 0 bridgehead atoms. The third-order valence-corrected chi connectivity index (χ3v) is 4.56. The van der Waals surface area contributed by atoms with Crippen LogP contribution in [0.1, 0.15) is 10.4 Å². The molecule has 0 aliphatic heterocycles. The molecule has 0 atom stereocenters. The maximum atomic E-state index is 13.8. The minimum atomic E-state index is -0.454. The molecule has 7 nitrogen and oxygen atoms in total. The lowest BCUT2D eigenvalue weighted by Gasteiger charge is -2.11. The van der Waals surface area contributed by atoms with Gasteiger partial charge in [-0.25, -0.2) is 9.07 Å². The van der Waals surface area contributed by atoms with Crippen LogP contribution in [-0.2, 0) is 0 Å². The molecule has 1 N–H and O–H groups in total. The quantitative estimate of drug-likeness (QED) is 0.504. The summed E-state index contributed by atoms with van der Waals surface area (Å²) >= 11 is 0. The number of amides is 1. The summed E-state index contributed by atoms with van der Waals surface area (Å²) in [4.78, 5) is 17.1. The Balaban J connectivity index is 1.75. The van der Waals surface area contributed by atoms with Gasteiger partial charge in [0.15, 0.2) is 0 Å². The molecule has 0 aliphatic rings. The van der Waals surface area contributed by atoms with E-state index in [-0.39, 0.29) is 11.4 Å². The van der Waals surface area contributed by atoms with Gasteiger partial charge in [0.25, 0.3) is 5.91 Å². The van der Waals surface area contributed by atoms with Crippen LogP contribution in [0.2, 0.25) is 0 Å². The highest BCUT2D eigenvalue weighted by Crippen LogP contribution is 2.27. The van der Waals surface area contributed by atoms with Crippen molar-refractivity contribution in [1.82, 2.24) is 14.8 Å². The molecule has 0 radical (unpaired) electrons. The summed E-state index contributed by atoms with van der Waals surface area (Å²) < 4.78 is 25.6. The van der Waals surface area contributed by atoms with Gasteiger partial charge in [-0.3, -0.25) is 4.79 Å². The number of pyridine rings is 1. The van der Waals surface area contributed by atoms with Crippen molar-refractivity contribution >= 4 is 11.7 Å². The number of methoxy groups -OCH3 is 2. The highest BCUT2D eigenvalue weighted by atomic mass is 19.1. The predicted molar refractivity (Wildman–Crippen MR) is 114 cm³/mol. The molecule has 2 aromatic carbocycles. The first kappa shape index (κ1) is 20.1. The number of ether oxygens (including phenoxy) is 2. The number of halogens is 1. The second-order valence-corrected chi connectivity index (χ2v) is 6.54. The Morgan fingerprint density at radius 2 is 1.77 bits per heavy atom. The lowest BCUT2D eigenvalue weighted by Crippen LogP contribution is -2.16. The Labute approximate surface area is 178 Å². The molecule has 2 heterocycles. The van der Waals surface area contributed by atoms with Crippen molar-refractivity contribution in [2.24, 2.45) is 0 Å². The summed E-state index contributed by atoms with van der Waals surface area (Å²) in [6.07, 6.45) is 0. The molecular formula is C23H19FN4O3. The van der Waals surface area contributed by atoms with Crippen LogP contribution in [0.15, 0.2) is 72.8 Å². The average Bonchev–Trinajstić information content (AvgIpc) is 3.23. The van der Waals surface area contributed by atoms with Gasteiger partial charge in [0.2, 0.25) is 11.8 Å². The Morgan fingerprint density at radius 1 is 0.968 bits per heavy atom. The maximum Gasteiger partial charge on any atom is 0.262 e. The zero-order valence-electron chi connectivity index (χ0n) is 16.9. The number of carbonyl (C=O) groups excluding carboxylic acids is 1. The molecule has 8 heteroatoms. The molecule has 0 saturated heterocycles. The van der Waals surface area contributed by atoms with Crippen molar-refractivity contribution in [1.29, 1.82) is 0 Å². The van der Waals surface area contributed by atoms with E-state index in [0.29, 0.717) is 23.1 Å². The summed E-state index contributed by atoms with van der Waals surface area (Å²) in [6.45, 7) is 0. The number of rotatable bonds is 6. The maximum absolute atomic E-state index is 13.8. The highest BCUT2D eigenvalue weighted by molar-refractivity contribution is 6.05. The van der Waals surface area contributed by atoms with Gasteiger partial charge in [-0.15, -0.1) is 0 Å². The van der Waals surface area contributed by atoms with Gasteiger partial charge in [0.1, 0.15) is 17.2 Å². The van der Waals surface area contributed by atoms with Crippen molar-refractivity contribution in [2.75, 3.05) is 19.5 Å². The zero-order valence-corrected chi connectivity index (χ0v) is 16.9. The van der Waals surface area contributed by atoms with E-state index in [1.807, 2.05) is 30.3 Å². The normalized spacial score (nSPS) is 10.5. The smallest absolute Gasteiger partial charge is 0.262 e. The van der Waals surface area contributed by atoms with Crippen LogP contribution in [0.4, 0.5) is 10.2 Å². The van der Waals surface area contributed by atoms with Gasteiger partial charge in [0, 0.05) is 17.7 Å². The van der Waals surface area contributed by atoms with E-state index in [1.54, 1.807) is 30.3 Å². The second kappa shape index (κ2) is 8.66. The van der Waals surface area contributed by atoms with Crippen molar-refractivity contribution in [2.45, 2.75) is 0 Å². The van der Waals surface area contributed by atoms with E-state index in [0.717, 1.165) is 5.56 Å². The van der Waals surface area contributed by atoms with Crippen LogP contribution in [0, 0.1) is 5.82 Å². The van der Waals surface area contributed by atoms with E-state index in [9.17, 15) is 9.18 Å². The van der Waals surface area contributed by atoms with E-state index >= 15 is 0 Å². The standard InChI is InChI=1S/C23H19FN4O3/c1-30-21-12-11-18(23(26-21)31-2)22(29)25-20-14-19(15-7-4-3-5-8-15)27-28(20)17-10-6-9-16(24)13-17/h3-14H,1-2H3,(H,25,29). The fourth-order valence-electron chi connectivity index (χ4n) is 3.07. The van der Waals surface area contributed by atoms with Gasteiger partial charge < -0.3 is 14.8 Å². The Kier molecular flexibility index (Phi) is 5.61. The van der Waals surface area contributed by atoms with E-state index < -0.39 is 11.7 Å². The van der Waals surface area contributed by atoms with E-state index in [2.05, 4.69) is 15.4 Å². The molecule has 0 aliphatic carbocycles. The molecule has 0 spiro atoms. The molecule has 0 unspecified atom stereocenters. The van der Waals surface area contributed by atoms with Crippen molar-refractivity contribution in [3.63, 3.8) is 0 Å². The first-order chi connectivity index (χ1) is 15.1. The molecule has 0 saturated carbocycles. The summed E-state index contributed by atoms with van der Waals surface area (Å²) in [7, 11) is 2.90. The van der Waals surface area contributed by atoms with Crippen LogP contribution >= 0.6 is 0 Å². The second-order valence-electron chi connectivity index (χ2n) is 6.54. The van der Waals surface area contributed by atoms with Gasteiger partial charge >= 0.3 is 0 Å². The zero-order chi connectivity index (χ0) is 21.8. The van der Waals surface area contributed by atoms with Gasteiger partial charge in [-0.05, 0) is 24.3 Å². The van der Waals surface area contributed by atoms with Gasteiger partial charge in [-0.2, -0.15) is 10.1 Å². The minimum Gasteiger partial charge on any atom is -0.481 e. The number of hydrogen-bond donors (Lipinski definition) is 1. The minimum absolute atomic E-state index is 0.122. The SMILES string of the molecule is COc1ccc(C(=O)Nc2cc(-c3ccccc3)nn2-c2cccc(F)c2)c(OC)n1. The first-order valence-corrected chi connectivity index (χ1v) is 9.41. The van der Waals surface area contributed by atoms with Crippen molar-refractivity contribution < 1.29 is 18.7 Å². The van der Waals surface area contributed by atoms with Crippen LogP contribution in [0.25, 0.3) is 16.9 Å². The number of aromatic nitrogens is 3. The van der Waals surface area contributed by atoms with E-state index in [4.69, 9.17) is 9.47 Å². The number of benzene rings is 2. The Hall–Kier alpha value is -4.20. The van der Waals surface area contributed by atoms with E-state index in [1.165, 1.54) is 31.0 Å². The fourth-order valence-corrected chi connectivity index (χ4v) is 3.07. The van der Waals surface area contributed by atoms with Crippen molar-refractivity contribution in [3.05, 3.63) is 84.2 Å². The number of nitrogens with one attached hydrogen (secondary N) is 1. The third-order valence-electron chi connectivity index (χ3n) is 4.56. The summed E-state index contributed by atoms with van der Waals surface area (Å²) in [5, 5.41) is 7.40. The molecular weight excluding hydrogens is 399 g/mol. The summed E-state index contributed by atoms with van der Waals surface area (Å²) in [5.41, 5.74) is 2.17. The first-order valence-electron chi connectivity index (χ1n) is 9.41.